The second-order valence-electron chi connectivity index (χ2n) is 9.22. The van der Waals surface area contributed by atoms with Crippen LogP contribution in [-0.2, 0) is 13.0 Å². The Morgan fingerprint density at radius 3 is 1.63 bits per heavy atom. The van der Waals surface area contributed by atoms with E-state index in [-0.39, 0.29) is 0 Å². The van der Waals surface area contributed by atoms with Gasteiger partial charge in [-0.1, -0.05) is 122 Å². The average molecular weight is 413 g/mol. The van der Waals surface area contributed by atoms with Crippen molar-refractivity contribution in [2.75, 3.05) is 0 Å². The zero-order valence-corrected chi connectivity index (χ0v) is 20.1. The lowest BCUT2D eigenvalue weighted by Crippen LogP contribution is -2.04. The molecule has 0 radical (unpaired) electrons. The van der Waals surface area contributed by atoms with Crippen LogP contribution in [0.15, 0.2) is 24.3 Å². The maximum absolute atomic E-state index is 4.86. The molecule has 2 nitrogen and oxygen atoms in total. The van der Waals surface area contributed by atoms with Gasteiger partial charge in [0.1, 0.15) is 5.82 Å². The van der Waals surface area contributed by atoms with E-state index in [9.17, 15) is 0 Å². The molecule has 1 heterocycles. The predicted molar refractivity (Wildman–Crippen MR) is 133 cm³/mol. The third-order valence-electron chi connectivity index (χ3n) is 6.44. The Morgan fingerprint density at radius 1 is 0.600 bits per heavy atom. The van der Waals surface area contributed by atoms with Crippen LogP contribution in [0.25, 0.3) is 11.0 Å². The molecular formula is C28H48N2. The number of para-hydroxylation sites is 2. The Kier molecular flexibility index (Phi) is 13.6. The van der Waals surface area contributed by atoms with Gasteiger partial charge in [0, 0.05) is 13.0 Å². The molecule has 1 aromatic carbocycles. The zero-order chi connectivity index (χ0) is 21.3. The lowest BCUT2D eigenvalue weighted by molar-refractivity contribution is 0.519. The topological polar surface area (TPSA) is 17.8 Å². The van der Waals surface area contributed by atoms with E-state index in [1.54, 1.807) is 0 Å². The molecule has 0 saturated heterocycles. The van der Waals surface area contributed by atoms with Gasteiger partial charge in [0.25, 0.3) is 0 Å². The van der Waals surface area contributed by atoms with E-state index in [1.165, 1.54) is 120 Å². The van der Waals surface area contributed by atoms with Crippen LogP contribution in [0.3, 0.4) is 0 Å². The number of hydrogen-bond donors (Lipinski definition) is 0. The third kappa shape index (κ3) is 9.67. The molecule has 0 N–H and O–H groups in total. The van der Waals surface area contributed by atoms with Gasteiger partial charge in [0.2, 0.25) is 0 Å². The minimum Gasteiger partial charge on any atom is -0.328 e. The van der Waals surface area contributed by atoms with Crippen molar-refractivity contribution in [1.82, 2.24) is 9.55 Å². The maximum Gasteiger partial charge on any atom is 0.109 e. The van der Waals surface area contributed by atoms with Crippen LogP contribution in [0.2, 0.25) is 0 Å². The van der Waals surface area contributed by atoms with Crippen LogP contribution in [0.1, 0.15) is 129 Å². The molecule has 0 bridgehead atoms. The lowest BCUT2D eigenvalue weighted by Gasteiger charge is -2.09. The predicted octanol–water partition coefficient (Wildman–Crippen LogP) is 9.25. The summed E-state index contributed by atoms with van der Waals surface area (Å²) in [4.78, 5) is 4.86. The smallest absolute Gasteiger partial charge is 0.109 e. The summed E-state index contributed by atoms with van der Waals surface area (Å²) < 4.78 is 2.47. The van der Waals surface area contributed by atoms with Crippen molar-refractivity contribution in [3.8, 4) is 0 Å². The molecule has 0 aliphatic rings. The van der Waals surface area contributed by atoms with Crippen LogP contribution in [0, 0.1) is 0 Å². The van der Waals surface area contributed by atoms with Gasteiger partial charge >= 0.3 is 0 Å². The van der Waals surface area contributed by atoms with E-state index in [4.69, 9.17) is 4.98 Å². The molecule has 2 heteroatoms. The number of unbranched alkanes of at least 4 members (excludes halogenated alkanes) is 15. The van der Waals surface area contributed by atoms with Crippen LogP contribution in [0.4, 0.5) is 0 Å². The monoisotopic (exact) mass is 412 g/mol. The molecule has 30 heavy (non-hydrogen) atoms. The van der Waals surface area contributed by atoms with Crippen LogP contribution in [-0.4, -0.2) is 9.55 Å². The quantitative estimate of drug-likeness (QED) is 0.210. The molecule has 0 amide bonds. The highest BCUT2D eigenvalue weighted by atomic mass is 15.1. The number of rotatable bonds is 19. The van der Waals surface area contributed by atoms with E-state index < -0.39 is 0 Å². The van der Waals surface area contributed by atoms with Crippen molar-refractivity contribution in [2.45, 2.75) is 136 Å². The summed E-state index contributed by atoms with van der Waals surface area (Å²) in [6, 6.07) is 8.63. The number of nitrogens with zero attached hydrogens (tertiary/aromatic N) is 2. The highest BCUT2D eigenvalue weighted by molar-refractivity contribution is 5.75. The van der Waals surface area contributed by atoms with E-state index in [1.807, 2.05) is 0 Å². The van der Waals surface area contributed by atoms with Crippen molar-refractivity contribution < 1.29 is 0 Å². The molecule has 1 aromatic heterocycles. The van der Waals surface area contributed by atoms with Crippen molar-refractivity contribution >= 4 is 11.0 Å². The molecule has 0 aliphatic heterocycles. The van der Waals surface area contributed by atoms with Crippen molar-refractivity contribution in [1.29, 1.82) is 0 Å². The van der Waals surface area contributed by atoms with Gasteiger partial charge in [0.05, 0.1) is 11.0 Å². The highest BCUT2D eigenvalue weighted by Crippen LogP contribution is 2.19. The molecule has 0 aliphatic carbocycles. The zero-order valence-electron chi connectivity index (χ0n) is 20.1. The minimum atomic E-state index is 1.09. The number of benzene rings is 1. The number of aryl methyl sites for hydroxylation is 2. The Bertz CT molecular complexity index is 658. The van der Waals surface area contributed by atoms with E-state index in [2.05, 4.69) is 42.7 Å². The summed E-state index contributed by atoms with van der Waals surface area (Å²) in [5.74, 6) is 1.28. The average Bonchev–Trinajstić information content (AvgIpc) is 3.11. The van der Waals surface area contributed by atoms with Gasteiger partial charge in [-0.25, -0.2) is 4.98 Å². The van der Waals surface area contributed by atoms with Gasteiger partial charge in [-0.15, -0.1) is 0 Å². The van der Waals surface area contributed by atoms with Crippen molar-refractivity contribution in [3.05, 3.63) is 30.1 Å². The number of aromatic nitrogens is 2. The van der Waals surface area contributed by atoms with E-state index in [0.29, 0.717) is 0 Å². The molecule has 0 fully saturated rings. The highest BCUT2D eigenvalue weighted by Gasteiger charge is 2.09. The number of hydrogen-bond acceptors (Lipinski definition) is 1. The summed E-state index contributed by atoms with van der Waals surface area (Å²) in [7, 11) is 0. The normalized spacial score (nSPS) is 11.5. The first-order chi connectivity index (χ1) is 14.9. The van der Waals surface area contributed by atoms with Gasteiger partial charge < -0.3 is 4.57 Å². The summed E-state index contributed by atoms with van der Waals surface area (Å²) in [6.07, 6.45) is 25.1. The first-order valence-corrected chi connectivity index (χ1v) is 13.3. The van der Waals surface area contributed by atoms with E-state index >= 15 is 0 Å². The first kappa shape index (κ1) is 25.0. The van der Waals surface area contributed by atoms with Crippen molar-refractivity contribution in [3.63, 3.8) is 0 Å². The van der Waals surface area contributed by atoms with Gasteiger partial charge in [-0.3, -0.25) is 0 Å². The van der Waals surface area contributed by atoms with Gasteiger partial charge in [-0.05, 0) is 25.0 Å². The van der Waals surface area contributed by atoms with Crippen molar-refractivity contribution in [2.24, 2.45) is 0 Å². The van der Waals surface area contributed by atoms with Gasteiger partial charge in [-0.2, -0.15) is 0 Å². The summed E-state index contributed by atoms with van der Waals surface area (Å²) in [5.41, 5.74) is 2.49. The standard InChI is InChI=1S/C28H48N2/c1-3-5-6-7-8-9-10-11-12-13-14-15-16-17-18-21-25-30-27-24-20-19-23-26(27)29-28(30)22-4-2/h19-20,23-24H,3-18,21-22,25H2,1-2H3. The van der Waals surface area contributed by atoms with Crippen LogP contribution in [0.5, 0.6) is 0 Å². The number of imidazole rings is 1. The van der Waals surface area contributed by atoms with Gasteiger partial charge in [0.15, 0.2) is 0 Å². The van der Waals surface area contributed by atoms with E-state index in [0.717, 1.165) is 18.5 Å². The molecule has 0 saturated carbocycles. The summed E-state index contributed by atoms with van der Waals surface area (Å²) in [6.45, 7) is 5.68. The molecule has 2 rings (SSSR count). The minimum absolute atomic E-state index is 1.09. The Labute approximate surface area is 186 Å². The SMILES string of the molecule is CCCCCCCCCCCCCCCCCCn1c(CCC)nc2ccccc21. The van der Waals surface area contributed by atoms with Crippen LogP contribution >= 0.6 is 0 Å². The molecular weight excluding hydrogens is 364 g/mol. The number of fused-ring (bicyclic) bond motifs is 1. The van der Waals surface area contributed by atoms with Crippen LogP contribution < -0.4 is 0 Å². The first-order valence-electron chi connectivity index (χ1n) is 13.3. The maximum atomic E-state index is 4.86. The third-order valence-corrected chi connectivity index (χ3v) is 6.44. The molecule has 0 spiro atoms. The second kappa shape index (κ2) is 16.4. The summed E-state index contributed by atoms with van der Waals surface area (Å²) >= 11 is 0. The molecule has 170 valence electrons. The fraction of sp³-hybridized carbons (Fsp3) is 0.750. The fourth-order valence-corrected chi connectivity index (χ4v) is 4.61. The Balaban J connectivity index is 1.45. The lowest BCUT2D eigenvalue weighted by atomic mass is 10.0. The summed E-state index contributed by atoms with van der Waals surface area (Å²) in [5, 5.41) is 0. The Morgan fingerprint density at radius 2 is 1.10 bits per heavy atom. The Hall–Kier alpha value is -1.31. The fourth-order valence-electron chi connectivity index (χ4n) is 4.61. The molecule has 2 aromatic rings. The second-order valence-corrected chi connectivity index (χ2v) is 9.22. The molecule has 0 unspecified atom stereocenters. The molecule has 0 atom stereocenters. The largest absolute Gasteiger partial charge is 0.328 e.